The minimum Gasteiger partial charge on any atom is -0.497 e. The summed E-state index contributed by atoms with van der Waals surface area (Å²) in [7, 11) is 3.22. The summed E-state index contributed by atoms with van der Waals surface area (Å²) < 4.78 is 16.5. The van der Waals surface area contributed by atoms with Gasteiger partial charge >= 0.3 is 0 Å². The maximum Gasteiger partial charge on any atom is 0.268 e. The number of carbonyl (C=O) groups excluding carboxylic acids is 1. The van der Waals surface area contributed by atoms with Crippen LogP contribution in [-0.4, -0.2) is 25.1 Å². The molecule has 6 nitrogen and oxygen atoms in total. The minimum absolute atomic E-state index is 0.204. The SMILES string of the molecule is COc1ccc2cc(C(=O)NC(C)c3cc4cccc(OC)c4o3)[nH]c2c1. The van der Waals surface area contributed by atoms with E-state index in [-0.39, 0.29) is 11.9 Å². The predicted molar refractivity (Wildman–Crippen MR) is 103 cm³/mol. The van der Waals surface area contributed by atoms with Crippen LogP contribution in [0.25, 0.3) is 21.9 Å². The number of nitrogens with one attached hydrogen (secondary N) is 2. The fourth-order valence-corrected chi connectivity index (χ4v) is 3.13. The lowest BCUT2D eigenvalue weighted by Gasteiger charge is -2.10. The zero-order valence-corrected chi connectivity index (χ0v) is 15.3. The van der Waals surface area contributed by atoms with Gasteiger partial charge in [-0.05, 0) is 37.3 Å². The van der Waals surface area contributed by atoms with Gasteiger partial charge in [0.1, 0.15) is 17.2 Å². The molecule has 2 aromatic heterocycles. The normalized spacial score (nSPS) is 12.3. The molecule has 0 saturated heterocycles. The first-order chi connectivity index (χ1) is 13.1. The quantitative estimate of drug-likeness (QED) is 0.549. The molecule has 2 aromatic carbocycles. The van der Waals surface area contributed by atoms with Gasteiger partial charge in [-0.1, -0.05) is 12.1 Å². The van der Waals surface area contributed by atoms with Gasteiger partial charge in [0.15, 0.2) is 11.3 Å². The number of ether oxygens (including phenoxy) is 2. The Morgan fingerprint density at radius 1 is 1.07 bits per heavy atom. The molecule has 0 fully saturated rings. The Labute approximate surface area is 156 Å². The molecule has 2 N–H and O–H groups in total. The standard InChI is InChI=1S/C21H20N2O4/c1-12(19-10-14-5-4-6-18(26-3)20(14)27-19)22-21(24)17-9-13-7-8-15(25-2)11-16(13)23-17/h4-12,23H,1-3H3,(H,22,24). The van der Waals surface area contributed by atoms with Gasteiger partial charge in [-0.2, -0.15) is 0 Å². The van der Waals surface area contributed by atoms with E-state index in [1.165, 1.54) is 0 Å². The summed E-state index contributed by atoms with van der Waals surface area (Å²) in [6.07, 6.45) is 0. The van der Waals surface area contributed by atoms with Crippen LogP contribution in [0.15, 0.2) is 52.9 Å². The Bertz CT molecular complexity index is 1130. The maximum atomic E-state index is 12.7. The summed E-state index contributed by atoms with van der Waals surface area (Å²) >= 11 is 0. The number of H-pyrrole nitrogens is 1. The van der Waals surface area contributed by atoms with Crippen molar-refractivity contribution in [2.45, 2.75) is 13.0 Å². The smallest absolute Gasteiger partial charge is 0.268 e. The minimum atomic E-state index is -0.296. The third-order valence-electron chi connectivity index (χ3n) is 4.60. The first-order valence-electron chi connectivity index (χ1n) is 8.63. The first kappa shape index (κ1) is 17.0. The number of fused-ring (bicyclic) bond motifs is 2. The molecule has 0 radical (unpaired) electrons. The molecule has 27 heavy (non-hydrogen) atoms. The third-order valence-corrected chi connectivity index (χ3v) is 4.60. The Balaban J connectivity index is 1.57. The number of furan rings is 1. The fraction of sp³-hybridized carbons (Fsp3) is 0.190. The molecule has 1 unspecified atom stereocenters. The monoisotopic (exact) mass is 364 g/mol. The van der Waals surface area contributed by atoms with Crippen molar-refractivity contribution >= 4 is 27.8 Å². The average molecular weight is 364 g/mol. The van der Waals surface area contributed by atoms with Gasteiger partial charge in [0.25, 0.3) is 5.91 Å². The van der Waals surface area contributed by atoms with E-state index < -0.39 is 0 Å². The van der Waals surface area contributed by atoms with Crippen LogP contribution in [0.3, 0.4) is 0 Å². The second-order valence-corrected chi connectivity index (χ2v) is 6.36. The van der Waals surface area contributed by atoms with Gasteiger partial charge < -0.3 is 24.2 Å². The molecule has 6 heteroatoms. The highest BCUT2D eigenvalue weighted by Gasteiger charge is 2.18. The molecule has 0 aliphatic heterocycles. The molecule has 0 bridgehead atoms. The van der Waals surface area contributed by atoms with Crippen LogP contribution in [0.1, 0.15) is 29.2 Å². The molecular weight excluding hydrogens is 344 g/mol. The molecule has 1 atom stereocenters. The summed E-state index contributed by atoms with van der Waals surface area (Å²) in [6.45, 7) is 1.88. The highest BCUT2D eigenvalue weighted by atomic mass is 16.5. The molecule has 0 spiro atoms. The average Bonchev–Trinajstić information content (AvgIpc) is 3.31. The van der Waals surface area contributed by atoms with Gasteiger partial charge in [-0.3, -0.25) is 4.79 Å². The van der Waals surface area contributed by atoms with E-state index in [0.717, 1.165) is 22.0 Å². The molecule has 0 aliphatic rings. The van der Waals surface area contributed by atoms with E-state index >= 15 is 0 Å². The van der Waals surface area contributed by atoms with Crippen LogP contribution in [0.5, 0.6) is 11.5 Å². The Morgan fingerprint density at radius 2 is 1.93 bits per heavy atom. The largest absolute Gasteiger partial charge is 0.497 e. The van der Waals surface area contributed by atoms with Crippen molar-refractivity contribution in [3.05, 3.63) is 60.0 Å². The lowest BCUT2D eigenvalue weighted by atomic mass is 10.2. The summed E-state index contributed by atoms with van der Waals surface area (Å²) in [5, 5.41) is 4.84. The molecule has 0 saturated carbocycles. The van der Waals surface area contributed by atoms with Crippen LogP contribution in [-0.2, 0) is 0 Å². The van der Waals surface area contributed by atoms with E-state index in [1.54, 1.807) is 14.2 Å². The zero-order chi connectivity index (χ0) is 19.0. The number of hydrogen-bond acceptors (Lipinski definition) is 4. The number of aromatic nitrogens is 1. The van der Waals surface area contributed by atoms with Gasteiger partial charge in [-0.25, -0.2) is 0 Å². The lowest BCUT2D eigenvalue weighted by molar-refractivity contribution is 0.0931. The molecule has 4 rings (SSSR count). The molecular formula is C21H20N2O4. The number of rotatable bonds is 5. The molecule has 4 aromatic rings. The van der Waals surface area contributed by atoms with E-state index in [1.807, 2.05) is 55.5 Å². The van der Waals surface area contributed by atoms with E-state index in [9.17, 15) is 4.79 Å². The van der Waals surface area contributed by atoms with Crippen molar-refractivity contribution in [2.24, 2.45) is 0 Å². The summed E-state index contributed by atoms with van der Waals surface area (Å²) in [5.41, 5.74) is 2.01. The number of benzene rings is 2. The Hall–Kier alpha value is -3.41. The van der Waals surface area contributed by atoms with Crippen LogP contribution < -0.4 is 14.8 Å². The van der Waals surface area contributed by atoms with Crippen LogP contribution >= 0.6 is 0 Å². The Morgan fingerprint density at radius 3 is 2.70 bits per heavy atom. The van der Waals surface area contributed by atoms with Gasteiger partial charge in [-0.15, -0.1) is 0 Å². The van der Waals surface area contributed by atoms with Crippen molar-refractivity contribution in [1.29, 1.82) is 0 Å². The first-order valence-corrected chi connectivity index (χ1v) is 8.63. The van der Waals surface area contributed by atoms with E-state index in [4.69, 9.17) is 13.9 Å². The van der Waals surface area contributed by atoms with Crippen molar-refractivity contribution in [3.8, 4) is 11.5 Å². The Kier molecular flexibility index (Phi) is 4.24. The van der Waals surface area contributed by atoms with Gasteiger partial charge in [0.05, 0.1) is 20.3 Å². The van der Waals surface area contributed by atoms with Crippen molar-refractivity contribution in [1.82, 2.24) is 10.3 Å². The van der Waals surface area contributed by atoms with Gasteiger partial charge in [0, 0.05) is 22.4 Å². The van der Waals surface area contributed by atoms with Crippen molar-refractivity contribution < 1.29 is 18.7 Å². The summed E-state index contributed by atoms with van der Waals surface area (Å²) in [4.78, 5) is 15.8. The second kappa shape index (κ2) is 6.72. The predicted octanol–water partition coefficient (Wildman–Crippen LogP) is 4.42. The fourth-order valence-electron chi connectivity index (χ4n) is 3.13. The summed E-state index contributed by atoms with van der Waals surface area (Å²) in [5.74, 6) is 1.87. The lowest BCUT2D eigenvalue weighted by Crippen LogP contribution is -2.26. The van der Waals surface area contributed by atoms with E-state index in [2.05, 4.69) is 10.3 Å². The van der Waals surface area contributed by atoms with E-state index in [0.29, 0.717) is 22.8 Å². The number of carbonyl (C=O) groups is 1. The molecule has 2 heterocycles. The number of aromatic amines is 1. The zero-order valence-electron chi connectivity index (χ0n) is 15.3. The van der Waals surface area contributed by atoms with Crippen molar-refractivity contribution in [2.75, 3.05) is 14.2 Å². The number of amides is 1. The number of hydrogen-bond donors (Lipinski definition) is 2. The van der Waals surface area contributed by atoms with Crippen molar-refractivity contribution in [3.63, 3.8) is 0 Å². The van der Waals surface area contributed by atoms with Gasteiger partial charge in [0.2, 0.25) is 0 Å². The molecule has 138 valence electrons. The highest BCUT2D eigenvalue weighted by Crippen LogP contribution is 2.31. The highest BCUT2D eigenvalue weighted by molar-refractivity contribution is 5.98. The maximum absolute atomic E-state index is 12.7. The van der Waals surface area contributed by atoms with Crippen LogP contribution in [0.4, 0.5) is 0 Å². The molecule has 1 amide bonds. The summed E-state index contributed by atoms with van der Waals surface area (Å²) in [6, 6.07) is 14.8. The molecule has 0 aliphatic carbocycles. The van der Waals surface area contributed by atoms with Crippen LogP contribution in [0, 0.1) is 0 Å². The third kappa shape index (κ3) is 3.10. The second-order valence-electron chi connectivity index (χ2n) is 6.36. The number of methoxy groups -OCH3 is 2. The topological polar surface area (TPSA) is 76.5 Å². The van der Waals surface area contributed by atoms with Crippen LogP contribution in [0.2, 0.25) is 0 Å². The number of para-hydroxylation sites is 1.